The van der Waals surface area contributed by atoms with Crippen molar-refractivity contribution < 1.29 is 19.1 Å². The van der Waals surface area contributed by atoms with E-state index >= 15 is 0 Å². The molecule has 2 rings (SSSR count). The fourth-order valence-electron chi connectivity index (χ4n) is 2.51. The van der Waals surface area contributed by atoms with Crippen molar-refractivity contribution in [2.75, 3.05) is 0 Å². The van der Waals surface area contributed by atoms with E-state index in [1.54, 1.807) is 41.5 Å². The van der Waals surface area contributed by atoms with Crippen LogP contribution in [0, 0.1) is 0 Å². The molecule has 0 aliphatic rings. The predicted molar refractivity (Wildman–Crippen MR) is 115 cm³/mol. The number of aromatic nitrogens is 2. The molecule has 1 aromatic heterocycles. The molecule has 0 aliphatic carbocycles. The van der Waals surface area contributed by atoms with E-state index in [1.165, 1.54) is 23.9 Å². The van der Waals surface area contributed by atoms with Crippen molar-refractivity contribution in [2.24, 2.45) is 7.05 Å². The fraction of sp³-hybridized carbons (Fsp3) is 0.391. The SMILES string of the molecule is Cn1nc(-c2ccccc2)c(C=C(C(=O)OC(C)(C)C)C(=O)OC(C)(C)C)cc1=O. The number of hydrogen-bond donors (Lipinski definition) is 0. The summed E-state index contributed by atoms with van der Waals surface area (Å²) in [6.07, 6.45) is 1.30. The number of hydrogen-bond acceptors (Lipinski definition) is 6. The van der Waals surface area contributed by atoms with Gasteiger partial charge in [-0.05, 0) is 47.6 Å². The lowest BCUT2D eigenvalue weighted by molar-refractivity contribution is -0.158. The average Bonchev–Trinajstić information content (AvgIpc) is 2.59. The molecular weight excluding hydrogens is 384 g/mol. The molecule has 1 heterocycles. The van der Waals surface area contributed by atoms with Crippen LogP contribution in [0.4, 0.5) is 0 Å². The van der Waals surface area contributed by atoms with Crippen LogP contribution in [0.15, 0.2) is 46.8 Å². The molecule has 0 saturated carbocycles. The molecule has 2 aromatic rings. The van der Waals surface area contributed by atoms with Crippen LogP contribution in [0.5, 0.6) is 0 Å². The maximum absolute atomic E-state index is 12.8. The van der Waals surface area contributed by atoms with Gasteiger partial charge in [-0.25, -0.2) is 14.3 Å². The van der Waals surface area contributed by atoms with E-state index in [2.05, 4.69) is 5.10 Å². The van der Waals surface area contributed by atoms with Crippen molar-refractivity contribution in [3.63, 3.8) is 0 Å². The molecule has 30 heavy (non-hydrogen) atoms. The topological polar surface area (TPSA) is 87.5 Å². The Bertz CT molecular complexity index is 992. The van der Waals surface area contributed by atoms with Gasteiger partial charge in [0.25, 0.3) is 5.56 Å². The minimum atomic E-state index is -0.837. The van der Waals surface area contributed by atoms with Gasteiger partial charge >= 0.3 is 11.9 Å². The highest BCUT2D eigenvalue weighted by atomic mass is 16.6. The summed E-state index contributed by atoms with van der Waals surface area (Å²) in [6.45, 7) is 10.2. The summed E-state index contributed by atoms with van der Waals surface area (Å²) in [5.74, 6) is -1.67. The molecule has 0 aliphatic heterocycles. The summed E-state index contributed by atoms with van der Waals surface area (Å²) in [7, 11) is 1.53. The van der Waals surface area contributed by atoms with Gasteiger partial charge in [-0.15, -0.1) is 0 Å². The van der Waals surface area contributed by atoms with Crippen LogP contribution in [0.1, 0.15) is 47.1 Å². The van der Waals surface area contributed by atoms with E-state index in [4.69, 9.17) is 9.47 Å². The molecule has 160 valence electrons. The van der Waals surface area contributed by atoms with Crippen LogP contribution in [-0.4, -0.2) is 32.9 Å². The molecule has 0 saturated heterocycles. The first kappa shape index (κ1) is 23.1. The minimum Gasteiger partial charge on any atom is -0.456 e. The molecule has 0 fully saturated rings. The Kier molecular flexibility index (Phi) is 6.65. The number of carbonyl (C=O) groups excluding carboxylic acids is 2. The monoisotopic (exact) mass is 412 g/mol. The second kappa shape index (κ2) is 8.65. The third kappa shape index (κ3) is 6.40. The zero-order chi connectivity index (χ0) is 22.7. The molecule has 0 amide bonds. The van der Waals surface area contributed by atoms with Gasteiger partial charge in [-0.3, -0.25) is 4.79 Å². The third-order valence-electron chi connectivity index (χ3n) is 3.71. The number of esters is 2. The van der Waals surface area contributed by atoms with Crippen molar-refractivity contribution in [3.8, 4) is 11.3 Å². The van der Waals surface area contributed by atoms with Crippen molar-refractivity contribution in [1.82, 2.24) is 9.78 Å². The second-order valence-electron chi connectivity index (χ2n) is 8.84. The number of benzene rings is 1. The van der Waals surface area contributed by atoms with E-state index in [-0.39, 0.29) is 11.1 Å². The molecular formula is C23H28N2O5. The van der Waals surface area contributed by atoms with Crippen molar-refractivity contribution >= 4 is 18.0 Å². The predicted octanol–water partition coefficient (Wildman–Crippen LogP) is 3.51. The number of carbonyl (C=O) groups is 2. The number of aryl methyl sites for hydroxylation is 1. The van der Waals surface area contributed by atoms with Crippen LogP contribution >= 0.6 is 0 Å². The van der Waals surface area contributed by atoms with E-state index in [0.717, 1.165) is 5.56 Å². The largest absolute Gasteiger partial charge is 0.456 e. The van der Waals surface area contributed by atoms with Crippen LogP contribution in [-0.2, 0) is 26.1 Å². The molecule has 0 unspecified atom stereocenters. The molecule has 0 bridgehead atoms. The van der Waals surface area contributed by atoms with Gasteiger partial charge in [0.05, 0.1) is 5.69 Å². The maximum atomic E-state index is 12.8. The standard InChI is InChI=1S/C23H28N2O5/c1-22(2,3)29-20(27)17(21(28)30-23(4,5)6)13-16-14-18(26)25(7)24-19(16)15-11-9-8-10-12-15/h8-14H,1-7H3. The highest BCUT2D eigenvalue weighted by molar-refractivity contribution is 6.18. The number of rotatable bonds is 4. The molecule has 7 heteroatoms. The quantitative estimate of drug-likeness (QED) is 0.330. The number of ether oxygens (including phenoxy) is 2. The van der Waals surface area contributed by atoms with Crippen LogP contribution in [0.25, 0.3) is 17.3 Å². The summed E-state index contributed by atoms with van der Waals surface area (Å²) in [5, 5.41) is 4.32. The van der Waals surface area contributed by atoms with Crippen molar-refractivity contribution in [1.29, 1.82) is 0 Å². The zero-order valence-corrected chi connectivity index (χ0v) is 18.5. The first-order valence-corrected chi connectivity index (χ1v) is 9.59. The van der Waals surface area contributed by atoms with E-state index in [9.17, 15) is 14.4 Å². The van der Waals surface area contributed by atoms with Gasteiger partial charge in [0, 0.05) is 24.2 Å². The van der Waals surface area contributed by atoms with Gasteiger partial charge in [0.1, 0.15) is 16.8 Å². The Hall–Kier alpha value is -3.22. The van der Waals surface area contributed by atoms with Gasteiger partial charge in [-0.1, -0.05) is 30.3 Å². The smallest absolute Gasteiger partial charge is 0.346 e. The molecule has 0 atom stereocenters. The Morgan fingerprint density at radius 1 is 0.933 bits per heavy atom. The highest BCUT2D eigenvalue weighted by Crippen LogP contribution is 2.24. The summed E-state index contributed by atoms with van der Waals surface area (Å²) in [6, 6.07) is 10.5. The Labute approximate surface area is 176 Å². The molecule has 0 radical (unpaired) electrons. The summed E-state index contributed by atoms with van der Waals surface area (Å²) in [4.78, 5) is 37.8. The van der Waals surface area contributed by atoms with Gasteiger partial charge in [0.15, 0.2) is 0 Å². The molecule has 7 nitrogen and oxygen atoms in total. The first-order chi connectivity index (χ1) is 13.8. The van der Waals surface area contributed by atoms with E-state index in [0.29, 0.717) is 11.3 Å². The van der Waals surface area contributed by atoms with Crippen molar-refractivity contribution in [3.05, 3.63) is 57.9 Å². The van der Waals surface area contributed by atoms with Crippen LogP contribution in [0.3, 0.4) is 0 Å². The third-order valence-corrected chi connectivity index (χ3v) is 3.71. The van der Waals surface area contributed by atoms with Crippen LogP contribution < -0.4 is 5.56 Å². The molecule has 0 spiro atoms. The molecule has 0 N–H and O–H groups in total. The summed E-state index contributed by atoms with van der Waals surface area (Å²) >= 11 is 0. The Morgan fingerprint density at radius 3 is 1.90 bits per heavy atom. The zero-order valence-electron chi connectivity index (χ0n) is 18.5. The number of nitrogens with zero attached hydrogens (tertiary/aromatic N) is 2. The lowest BCUT2D eigenvalue weighted by Gasteiger charge is -2.23. The highest BCUT2D eigenvalue weighted by Gasteiger charge is 2.29. The summed E-state index contributed by atoms with van der Waals surface area (Å²) < 4.78 is 12.0. The average molecular weight is 412 g/mol. The van der Waals surface area contributed by atoms with Gasteiger partial charge in [0.2, 0.25) is 0 Å². The lowest BCUT2D eigenvalue weighted by Crippen LogP contribution is -2.31. The molecule has 1 aromatic carbocycles. The Morgan fingerprint density at radius 2 is 1.43 bits per heavy atom. The lowest BCUT2D eigenvalue weighted by atomic mass is 10.0. The first-order valence-electron chi connectivity index (χ1n) is 9.59. The van der Waals surface area contributed by atoms with Crippen molar-refractivity contribution in [2.45, 2.75) is 52.7 Å². The van der Waals surface area contributed by atoms with Gasteiger partial charge < -0.3 is 9.47 Å². The van der Waals surface area contributed by atoms with E-state index < -0.39 is 23.1 Å². The summed E-state index contributed by atoms with van der Waals surface area (Å²) in [5.41, 5.74) is -0.831. The normalized spacial score (nSPS) is 11.6. The second-order valence-corrected chi connectivity index (χ2v) is 8.84. The van der Waals surface area contributed by atoms with Crippen LogP contribution in [0.2, 0.25) is 0 Å². The minimum absolute atomic E-state index is 0.313. The van der Waals surface area contributed by atoms with Gasteiger partial charge in [-0.2, -0.15) is 5.10 Å². The van der Waals surface area contributed by atoms with E-state index in [1.807, 2.05) is 30.3 Å². The maximum Gasteiger partial charge on any atom is 0.346 e. The fourth-order valence-corrected chi connectivity index (χ4v) is 2.51. The Balaban J connectivity index is 2.67.